The summed E-state index contributed by atoms with van der Waals surface area (Å²) >= 11 is 0.970. The van der Waals surface area contributed by atoms with E-state index in [9.17, 15) is 31.1 Å². The molecule has 3 aromatic rings. The largest absolute Gasteiger partial charge is 0.424 e. The number of alkyl halides is 5. The summed E-state index contributed by atoms with van der Waals surface area (Å²) < 4.78 is 90.4. The molecule has 0 radical (unpaired) electrons. The van der Waals surface area contributed by atoms with E-state index in [1.807, 2.05) is 0 Å². The van der Waals surface area contributed by atoms with Gasteiger partial charge < -0.3 is 25.6 Å². The fourth-order valence-corrected chi connectivity index (χ4v) is 5.89. The molecule has 0 aliphatic carbocycles. The molecule has 7 nitrogen and oxygen atoms in total. The Morgan fingerprint density at radius 3 is 2.72 bits per heavy atom. The van der Waals surface area contributed by atoms with Gasteiger partial charge in [-0.15, -0.1) is 11.3 Å². The number of carbonyl (C=O) groups excluding carboxylic acids is 1. The molecule has 43 heavy (non-hydrogen) atoms. The fraction of sp³-hybridized carbons (Fsp3) is 0.379. The van der Waals surface area contributed by atoms with Crippen molar-refractivity contribution in [3.63, 3.8) is 0 Å². The lowest BCUT2D eigenvalue weighted by molar-refractivity contribution is -0.126. The number of nitrogens with one attached hydrogen (secondary N) is 3. The molecule has 1 fully saturated rings. The van der Waals surface area contributed by atoms with Crippen LogP contribution in [-0.4, -0.2) is 69.4 Å². The van der Waals surface area contributed by atoms with E-state index >= 15 is 0 Å². The molecular formula is C29H27F6N5O2S. The van der Waals surface area contributed by atoms with Gasteiger partial charge in [0.05, 0.1) is 52.1 Å². The van der Waals surface area contributed by atoms with Crippen molar-refractivity contribution in [3.8, 4) is 17.6 Å². The molecule has 1 amide bonds. The Kier molecular flexibility index (Phi) is 9.62. The smallest absolute Gasteiger partial charge is 0.393 e. The van der Waals surface area contributed by atoms with Crippen LogP contribution in [0.4, 0.5) is 37.7 Å². The van der Waals surface area contributed by atoms with Crippen molar-refractivity contribution in [1.29, 1.82) is 0 Å². The number of ether oxygens (including phenoxy) is 1. The molecule has 1 aliphatic rings. The highest BCUT2D eigenvalue weighted by atomic mass is 32.1. The predicted octanol–water partition coefficient (Wildman–Crippen LogP) is 5.98. The lowest BCUT2D eigenvalue weighted by Gasteiger charge is -2.37. The minimum atomic E-state index is -4.55. The molecule has 228 valence electrons. The van der Waals surface area contributed by atoms with E-state index in [1.54, 1.807) is 13.1 Å². The van der Waals surface area contributed by atoms with E-state index in [4.69, 9.17) is 11.3 Å². The van der Waals surface area contributed by atoms with Gasteiger partial charge in [-0.2, -0.15) is 13.2 Å². The van der Waals surface area contributed by atoms with Crippen molar-refractivity contribution in [1.82, 2.24) is 10.2 Å². The number of anilines is 2. The number of amides is 1. The lowest BCUT2D eigenvalue weighted by atomic mass is 10.0. The van der Waals surface area contributed by atoms with Gasteiger partial charge in [-0.1, -0.05) is 24.0 Å². The van der Waals surface area contributed by atoms with Crippen LogP contribution < -0.4 is 20.7 Å². The second kappa shape index (κ2) is 13.0. The monoisotopic (exact) mass is 623 g/mol. The Labute approximate surface area is 248 Å². The van der Waals surface area contributed by atoms with Gasteiger partial charge in [0, 0.05) is 19.7 Å². The number of nitrogens with zero attached hydrogens (tertiary/aromatic N) is 2. The molecule has 1 aliphatic heterocycles. The van der Waals surface area contributed by atoms with Crippen molar-refractivity contribution < 1.29 is 35.9 Å². The predicted molar refractivity (Wildman–Crippen MR) is 153 cm³/mol. The molecule has 0 spiro atoms. The first-order chi connectivity index (χ1) is 20.3. The van der Waals surface area contributed by atoms with Crippen molar-refractivity contribution in [2.24, 2.45) is 0 Å². The standard InChI is InChI=1S/C29H27F6N5O2S/c1-36-16-42-23-12-18(27(41)37-2)20(30)13-22(23)38-10-5-8-24-19(14-29(33,34)35)17-6-4-7-21(26(17)43-24)39-25-9-11-40(3)15-28(25,31)32/h4,6-7,12-13,25,38-39H,9-11,14-16H2,2-3H3,(H,37,41). The average molecular weight is 624 g/mol. The number of rotatable bonds is 8. The van der Waals surface area contributed by atoms with Gasteiger partial charge in [0.15, 0.2) is 5.75 Å². The Balaban J connectivity index is 1.64. The maximum Gasteiger partial charge on any atom is 0.393 e. The van der Waals surface area contributed by atoms with Crippen molar-refractivity contribution >= 4 is 38.7 Å². The molecular weight excluding hydrogens is 596 g/mol. The van der Waals surface area contributed by atoms with Crippen molar-refractivity contribution in [3.05, 3.63) is 63.6 Å². The Morgan fingerprint density at radius 1 is 1.28 bits per heavy atom. The van der Waals surface area contributed by atoms with E-state index in [-0.39, 0.29) is 45.8 Å². The quantitative estimate of drug-likeness (QED) is 0.164. The SMILES string of the molecule is [C-]#[N+]COc1cc(C(=O)NC)c(F)cc1NCC#Cc1sc2c(NC3CCN(C)CC3(F)F)cccc2c1CC(F)(F)F. The number of fused-ring (bicyclic) bond motifs is 1. The highest BCUT2D eigenvalue weighted by molar-refractivity contribution is 7.20. The summed E-state index contributed by atoms with van der Waals surface area (Å²) in [6.07, 6.45) is -5.66. The molecule has 2 aromatic carbocycles. The topological polar surface area (TPSA) is 70.0 Å². The fourth-order valence-electron chi connectivity index (χ4n) is 4.72. The minimum absolute atomic E-state index is 0.0128. The molecule has 0 saturated carbocycles. The first-order valence-electron chi connectivity index (χ1n) is 13.0. The number of carbonyl (C=O) groups is 1. The second-order valence-corrected chi connectivity index (χ2v) is 10.9. The van der Waals surface area contributed by atoms with Crippen molar-refractivity contribution in [2.45, 2.75) is 31.0 Å². The van der Waals surface area contributed by atoms with Gasteiger partial charge in [-0.05, 0) is 36.6 Å². The zero-order valence-electron chi connectivity index (χ0n) is 23.1. The molecule has 1 unspecified atom stereocenters. The van der Waals surface area contributed by atoms with Crippen LogP contribution in [0, 0.1) is 24.2 Å². The van der Waals surface area contributed by atoms with Gasteiger partial charge in [0.1, 0.15) is 5.82 Å². The average Bonchev–Trinajstić information content (AvgIpc) is 3.27. The normalized spacial score (nSPS) is 16.6. The van der Waals surface area contributed by atoms with Gasteiger partial charge in [-0.25, -0.2) is 19.7 Å². The zero-order valence-corrected chi connectivity index (χ0v) is 23.9. The maximum absolute atomic E-state index is 14.7. The Morgan fingerprint density at radius 2 is 2.05 bits per heavy atom. The summed E-state index contributed by atoms with van der Waals surface area (Å²) in [5.41, 5.74) is 0.0181. The van der Waals surface area contributed by atoms with Crippen LogP contribution in [0.3, 0.4) is 0 Å². The second-order valence-electron chi connectivity index (χ2n) is 9.86. The highest BCUT2D eigenvalue weighted by Crippen LogP contribution is 2.40. The summed E-state index contributed by atoms with van der Waals surface area (Å²) in [6, 6.07) is 5.53. The molecule has 0 bridgehead atoms. The number of hydrogen-bond acceptors (Lipinski definition) is 6. The van der Waals surface area contributed by atoms with E-state index in [0.717, 1.165) is 23.5 Å². The van der Waals surface area contributed by atoms with Gasteiger partial charge in [0.2, 0.25) is 0 Å². The summed E-state index contributed by atoms with van der Waals surface area (Å²) in [7, 11) is 2.93. The molecule has 2 heterocycles. The summed E-state index contributed by atoms with van der Waals surface area (Å²) in [6.45, 7) is 6.38. The first kappa shape index (κ1) is 31.8. The lowest BCUT2D eigenvalue weighted by Crippen LogP contribution is -2.53. The summed E-state index contributed by atoms with van der Waals surface area (Å²) in [4.78, 5) is 16.7. The van der Waals surface area contributed by atoms with E-state index in [2.05, 4.69) is 32.6 Å². The van der Waals surface area contributed by atoms with Crippen LogP contribution in [0.5, 0.6) is 5.75 Å². The van der Waals surface area contributed by atoms with Crippen LogP contribution in [0.1, 0.15) is 27.2 Å². The van der Waals surface area contributed by atoms with Crippen LogP contribution in [0.25, 0.3) is 14.9 Å². The molecule has 14 heteroatoms. The van der Waals surface area contributed by atoms with Crippen molar-refractivity contribution in [2.75, 3.05) is 51.1 Å². The molecule has 1 saturated heterocycles. The third kappa shape index (κ3) is 7.63. The van der Waals surface area contributed by atoms with E-state index in [1.165, 1.54) is 24.1 Å². The van der Waals surface area contributed by atoms with Crippen LogP contribution in [0.15, 0.2) is 30.3 Å². The number of hydrogen-bond donors (Lipinski definition) is 3. The Bertz CT molecular complexity index is 1610. The number of thiophene rings is 1. The Hall–Kier alpha value is -4.14. The summed E-state index contributed by atoms with van der Waals surface area (Å²) in [5, 5.41) is 8.24. The summed E-state index contributed by atoms with van der Waals surface area (Å²) in [5.74, 6) is 0.877. The first-order valence-corrected chi connectivity index (χ1v) is 13.8. The third-order valence-corrected chi connectivity index (χ3v) is 7.91. The highest BCUT2D eigenvalue weighted by Gasteiger charge is 2.44. The number of halogens is 6. The molecule has 1 atom stereocenters. The van der Waals surface area contributed by atoms with E-state index < -0.39 is 49.6 Å². The maximum atomic E-state index is 14.7. The molecule has 3 N–H and O–H groups in total. The van der Waals surface area contributed by atoms with Crippen LogP contribution >= 0.6 is 11.3 Å². The number of likely N-dealkylation sites (tertiary alicyclic amines) is 1. The van der Waals surface area contributed by atoms with Gasteiger partial charge in [-0.3, -0.25) is 9.64 Å². The van der Waals surface area contributed by atoms with Crippen LogP contribution in [-0.2, 0) is 6.42 Å². The third-order valence-electron chi connectivity index (χ3n) is 6.71. The molecule has 4 rings (SSSR count). The van der Waals surface area contributed by atoms with Crippen LogP contribution in [0.2, 0.25) is 0 Å². The number of benzene rings is 2. The minimum Gasteiger partial charge on any atom is -0.424 e. The van der Waals surface area contributed by atoms with Gasteiger partial charge in [0.25, 0.3) is 11.8 Å². The number of piperidine rings is 1. The molecule has 1 aromatic heterocycles. The van der Waals surface area contributed by atoms with E-state index in [0.29, 0.717) is 16.9 Å². The zero-order chi connectivity index (χ0) is 31.4. The van der Waals surface area contributed by atoms with Gasteiger partial charge >= 0.3 is 12.9 Å².